The largest absolute Gasteiger partial charge is 0.478 e. The highest BCUT2D eigenvalue weighted by Crippen LogP contribution is 2.26. The fraction of sp³-hybridized carbons (Fsp3) is 0.100. The lowest BCUT2D eigenvalue weighted by Gasteiger charge is -2.09. The van der Waals surface area contributed by atoms with E-state index in [9.17, 15) is 14.0 Å². The SMILES string of the molecule is N#CCC(=O)Nc1c(C(=O)O)ccc(Cl)c1F. The number of anilines is 1. The van der Waals surface area contributed by atoms with Crippen molar-refractivity contribution < 1.29 is 19.1 Å². The van der Waals surface area contributed by atoms with Crippen LogP contribution in [0, 0.1) is 17.1 Å². The number of hydrogen-bond donors (Lipinski definition) is 2. The summed E-state index contributed by atoms with van der Waals surface area (Å²) in [6, 6.07) is 3.69. The molecule has 0 radical (unpaired) electrons. The summed E-state index contributed by atoms with van der Waals surface area (Å²) < 4.78 is 13.5. The summed E-state index contributed by atoms with van der Waals surface area (Å²) in [7, 11) is 0. The number of nitrogens with zero attached hydrogens (tertiary/aromatic N) is 1. The standard InChI is InChI=1S/C10H6ClFN2O3/c11-6-2-1-5(10(16)17)9(8(6)12)14-7(15)3-4-13/h1-2H,3H2,(H,14,15)(H,16,17). The van der Waals surface area contributed by atoms with Gasteiger partial charge in [0.05, 0.1) is 22.3 Å². The lowest BCUT2D eigenvalue weighted by Crippen LogP contribution is -2.15. The van der Waals surface area contributed by atoms with Gasteiger partial charge in [-0.25, -0.2) is 9.18 Å². The third kappa shape index (κ3) is 2.92. The number of rotatable bonds is 3. The van der Waals surface area contributed by atoms with E-state index in [0.717, 1.165) is 12.1 Å². The molecule has 0 fully saturated rings. The van der Waals surface area contributed by atoms with Crippen LogP contribution in [0.1, 0.15) is 16.8 Å². The molecule has 0 atom stereocenters. The van der Waals surface area contributed by atoms with Gasteiger partial charge < -0.3 is 10.4 Å². The van der Waals surface area contributed by atoms with Crippen molar-refractivity contribution in [3.8, 4) is 6.07 Å². The number of nitrogens with one attached hydrogen (secondary N) is 1. The lowest BCUT2D eigenvalue weighted by atomic mass is 10.1. The number of aromatic carboxylic acids is 1. The van der Waals surface area contributed by atoms with Crippen LogP contribution >= 0.6 is 11.6 Å². The zero-order valence-corrected chi connectivity index (χ0v) is 9.08. The molecule has 0 saturated heterocycles. The maximum Gasteiger partial charge on any atom is 0.337 e. The van der Waals surface area contributed by atoms with E-state index in [0.29, 0.717) is 0 Å². The minimum absolute atomic E-state index is 0.317. The van der Waals surface area contributed by atoms with Crippen LogP contribution in [0.5, 0.6) is 0 Å². The predicted molar refractivity (Wildman–Crippen MR) is 57.2 cm³/mol. The van der Waals surface area contributed by atoms with Crippen molar-refractivity contribution in [2.24, 2.45) is 0 Å². The van der Waals surface area contributed by atoms with Crippen molar-refractivity contribution in [2.45, 2.75) is 6.42 Å². The third-order valence-electron chi connectivity index (χ3n) is 1.83. The molecule has 0 heterocycles. The Morgan fingerprint density at radius 3 is 2.71 bits per heavy atom. The van der Waals surface area contributed by atoms with Gasteiger partial charge in [0.1, 0.15) is 6.42 Å². The Morgan fingerprint density at radius 2 is 2.18 bits per heavy atom. The minimum Gasteiger partial charge on any atom is -0.478 e. The summed E-state index contributed by atoms with van der Waals surface area (Å²) in [6.07, 6.45) is -0.509. The Morgan fingerprint density at radius 1 is 1.53 bits per heavy atom. The molecule has 0 bridgehead atoms. The number of halogens is 2. The number of amides is 1. The molecule has 17 heavy (non-hydrogen) atoms. The molecule has 0 aliphatic carbocycles. The Kier molecular flexibility index (Phi) is 4.01. The minimum atomic E-state index is -1.41. The monoisotopic (exact) mass is 256 g/mol. The zero-order valence-electron chi connectivity index (χ0n) is 8.33. The second-order valence-corrected chi connectivity index (χ2v) is 3.38. The molecule has 1 aromatic carbocycles. The molecule has 2 N–H and O–H groups in total. The summed E-state index contributed by atoms with van der Waals surface area (Å²) >= 11 is 5.47. The molecule has 7 heteroatoms. The van der Waals surface area contributed by atoms with Gasteiger partial charge in [-0.05, 0) is 12.1 Å². The van der Waals surface area contributed by atoms with Crippen LogP contribution in [0.3, 0.4) is 0 Å². The van der Waals surface area contributed by atoms with Gasteiger partial charge in [0.15, 0.2) is 5.82 Å². The molecule has 1 rings (SSSR count). The van der Waals surface area contributed by atoms with E-state index in [2.05, 4.69) is 0 Å². The van der Waals surface area contributed by atoms with E-state index >= 15 is 0 Å². The zero-order chi connectivity index (χ0) is 13.0. The van der Waals surface area contributed by atoms with Gasteiger partial charge in [0.25, 0.3) is 0 Å². The number of hydrogen-bond acceptors (Lipinski definition) is 3. The van der Waals surface area contributed by atoms with Gasteiger partial charge in [-0.1, -0.05) is 11.6 Å². The molecular weight excluding hydrogens is 251 g/mol. The number of nitriles is 1. The molecule has 0 aliphatic heterocycles. The van der Waals surface area contributed by atoms with Crippen LogP contribution in [0.25, 0.3) is 0 Å². The van der Waals surface area contributed by atoms with Crippen molar-refractivity contribution in [2.75, 3.05) is 5.32 Å². The lowest BCUT2D eigenvalue weighted by molar-refractivity contribution is -0.115. The number of carbonyl (C=O) groups excluding carboxylic acids is 1. The van der Waals surface area contributed by atoms with Crippen LogP contribution in [0.4, 0.5) is 10.1 Å². The first-order valence-electron chi connectivity index (χ1n) is 4.35. The van der Waals surface area contributed by atoms with Crippen LogP contribution in [-0.2, 0) is 4.79 Å². The number of benzene rings is 1. The predicted octanol–water partition coefficient (Wildman–Crippen LogP) is 2.03. The van der Waals surface area contributed by atoms with Gasteiger partial charge in [-0.3, -0.25) is 4.79 Å². The van der Waals surface area contributed by atoms with Gasteiger partial charge in [-0.15, -0.1) is 0 Å². The van der Waals surface area contributed by atoms with E-state index in [4.69, 9.17) is 22.0 Å². The second-order valence-electron chi connectivity index (χ2n) is 2.97. The second kappa shape index (κ2) is 5.27. The average Bonchev–Trinajstić information content (AvgIpc) is 2.25. The molecule has 1 amide bonds. The normalized spacial score (nSPS) is 9.47. The number of carboxylic acid groups (broad SMARTS) is 1. The van der Waals surface area contributed by atoms with Crippen molar-refractivity contribution in [1.82, 2.24) is 0 Å². The van der Waals surface area contributed by atoms with E-state index in [-0.39, 0.29) is 5.02 Å². The van der Waals surface area contributed by atoms with E-state index in [1.807, 2.05) is 5.32 Å². The molecule has 0 saturated carbocycles. The molecule has 5 nitrogen and oxygen atoms in total. The molecule has 88 valence electrons. The maximum absolute atomic E-state index is 13.5. The highest BCUT2D eigenvalue weighted by Gasteiger charge is 2.18. The molecule has 0 aliphatic rings. The fourth-order valence-corrected chi connectivity index (χ4v) is 1.26. The first kappa shape index (κ1) is 12.9. The number of carbonyl (C=O) groups is 2. The molecule has 0 spiro atoms. The first-order valence-corrected chi connectivity index (χ1v) is 4.73. The van der Waals surface area contributed by atoms with Gasteiger partial charge in [0.2, 0.25) is 5.91 Å². The third-order valence-corrected chi connectivity index (χ3v) is 2.12. The van der Waals surface area contributed by atoms with Crippen LogP contribution in [0.2, 0.25) is 5.02 Å². The Labute approximate surface area is 100 Å². The summed E-state index contributed by atoms with van der Waals surface area (Å²) in [5.41, 5.74) is -0.969. The van der Waals surface area contributed by atoms with Gasteiger partial charge in [0, 0.05) is 0 Å². The highest BCUT2D eigenvalue weighted by molar-refractivity contribution is 6.31. The first-order chi connectivity index (χ1) is 7.97. The van der Waals surface area contributed by atoms with Crippen LogP contribution in [0.15, 0.2) is 12.1 Å². The summed E-state index contributed by atoms with van der Waals surface area (Å²) in [5, 5.41) is 18.8. The van der Waals surface area contributed by atoms with Crippen molar-refractivity contribution in [3.05, 3.63) is 28.5 Å². The quantitative estimate of drug-likeness (QED) is 0.866. The fourth-order valence-electron chi connectivity index (χ4n) is 1.11. The van der Waals surface area contributed by atoms with E-state index in [1.165, 1.54) is 0 Å². The van der Waals surface area contributed by atoms with E-state index < -0.39 is 35.4 Å². The van der Waals surface area contributed by atoms with Crippen LogP contribution < -0.4 is 5.32 Å². The Balaban J connectivity index is 3.20. The summed E-state index contributed by atoms with van der Waals surface area (Å²) in [6.45, 7) is 0. The smallest absolute Gasteiger partial charge is 0.337 e. The van der Waals surface area contributed by atoms with Crippen molar-refractivity contribution in [1.29, 1.82) is 5.26 Å². The van der Waals surface area contributed by atoms with Crippen molar-refractivity contribution >= 4 is 29.2 Å². The van der Waals surface area contributed by atoms with Gasteiger partial charge in [-0.2, -0.15) is 5.26 Å². The topological polar surface area (TPSA) is 90.2 Å². The Hall–Kier alpha value is -2.13. The molecule has 0 unspecified atom stereocenters. The molecule has 0 aromatic heterocycles. The average molecular weight is 257 g/mol. The Bertz CT molecular complexity index is 525. The summed E-state index contributed by atoms with van der Waals surface area (Å²) in [4.78, 5) is 21.9. The number of carboxylic acids is 1. The van der Waals surface area contributed by atoms with Crippen molar-refractivity contribution in [3.63, 3.8) is 0 Å². The van der Waals surface area contributed by atoms with E-state index in [1.54, 1.807) is 6.07 Å². The highest BCUT2D eigenvalue weighted by atomic mass is 35.5. The maximum atomic E-state index is 13.5. The molecule has 1 aromatic rings. The van der Waals surface area contributed by atoms with Gasteiger partial charge >= 0.3 is 5.97 Å². The molecular formula is C10H6ClFN2O3. The van der Waals surface area contributed by atoms with Crippen LogP contribution in [-0.4, -0.2) is 17.0 Å². The summed E-state index contributed by atoms with van der Waals surface area (Å²) in [5.74, 6) is -3.26.